The van der Waals surface area contributed by atoms with E-state index in [1.165, 1.54) is 11.7 Å². The van der Waals surface area contributed by atoms with Crippen molar-refractivity contribution in [2.75, 3.05) is 7.11 Å². The molecule has 1 fully saturated rings. The lowest BCUT2D eigenvalue weighted by molar-refractivity contribution is 0.0909. The van der Waals surface area contributed by atoms with Crippen LogP contribution in [0.1, 0.15) is 54.0 Å². The Balaban J connectivity index is 0.00000320. The summed E-state index contributed by atoms with van der Waals surface area (Å²) in [6.07, 6.45) is 3.74. The van der Waals surface area contributed by atoms with Crippen LogP contribution in [0.25, 0.3) is 21.8 Å². The van der Waals surface area contributed by atoms with E-state index in [1.54, 1.807) is 35.9 Å². The molecule has 8 heteroatoms. The Hall–Kier alpha value is -3.91. The lowest BCUT2D eigenvalue weighted by Gasteiger charge is -2.29. The van der Waals surface area contributed by atoms with Gasteiger partial charge in [-0.3, -0.25) is 19.0 Å². The zero-order valence-corrected chi connectivity index (χ0v) is 20.5. The number of carbonyl (C=O) groups excluding carboxylic acids is 2. The SMILES string of the molecule is C.COc1c(C(=O)N[C@@H]2CCCC[C@H]2N)n(C)c2c1c(=O)n(CC(=O)c1ccccc1)c1ccccc21. The zero-order valence-electron chi connectivity index (χ0n) is 20.5. The highest BCUT2D eigenvalue weighted by molar-refractivity contribution is 6.12. The summed E-state index contributed by atoms with van der Waals surface area (Å²) < 4.78 is 8.86. The van der Waals surface area contributed by atoms with Gasteiger partial charge in [0, 0.05) is 30.1 Å². The van der Waals surface area contributed by atoms with Gasteiger partial charge < -0.3 is 20.4 Å². The number of pyridine rings is 1. The van der Waals surface area contributed by atoms with Gasteiger partial charge in [0.1, 0.15) is 5.39 Å². The molecule has 1 saturated carbocycles. The van der Waals surface area contributed by atoms with E-state index in [1.807, 2.05) is 30.3 Å². The molecule has 37 heavy (non-hydrogen) atoms. The van der Waals surface area contributed by atoms with Crippen molar-refractivity contribution in [3.8, 4) is 5.75 Å². The van der Waals surface area contributed by atoms with Crippen molar-refractivity contribution < 1.29 is 14.3 Å². The van der Waals surface area contributed by atoms with Crippen molar-refractivity contribution in [1.82, 2.24) is 14.5 Å². The minimum atomic E-state index is -0.381. The van der Waals surface area contributed by atoms with Crippen LogP contribution in [0.2, 0.25) is 0 Å². The molecule has 0 saturated heterocycles. The summed E-state index contributed by atoms with van der Waals surface area (Å²) in [5.74, 6) is -0.310. The second-order valence-electron chi connectivity index (χ2n) is 9.39. The summed E-state index contributed by atoms with van der Waals surface area (Å²) in [5.41, 5.74) is 7.88. The topological polar surface area (TPSA) is 108 Å². The quantitative estimate of drug-likeness (QED) is 0.387. The fourth-order valence-corrected chi connectivity index (χ4v) is 5.37. The first-order valence-corrected chi connectivity index (χ1v) is 12.2. The lowest BCUT2D eigenvalue weighted by Crippen LogP contribution is -2.49. The fourth-order valence-electron chi connectivity index (χ4n) is 5.37. The third-order valence-corrected chi connectivity index (χ3v) is 7.21. The standard InChI is InChI=1S/C28H30N4O4.CH4/c1-31-24-18-12-6-9-15-21(18)32(16-22(33)17-10-4-3-5-11-17)28(35)23(24)26(36-2)25(31)27(34)30-20-14-8-7-13-19(20)29;/h3-6,9-12,15,19-20H,7-8,13-14,16,29H2,1-2H3,(H,30,34);1H4/t19-,20-;/m1./s1. The van der Waals surface area contributed by atoms with Gasteiger partial charge in [0.05, 0.1) is 24.7 Å². The Morgan fingerprint density at radius 2 is 1.73 bits per heavy atom. The first-order chi connectivity index (χ1) is 17.4. The van der Waals surface area contributed by atoms with Crippen LogP contribution in [0.3, 0.4) is 0 Å². The molecule has 1 aliphatic carbocycles. The molecule has 0 radical (unpaired) electrons. The number of nitrogens with zero attached hydrogens (tertiary/aromatic N) is 2. The average molecular weight is 503 g/mol. The third kappa shape index (κ3) is 4.53. The molecule has 1 amide bonds. The molecular weight excluding hydrogens is 468 g/mol. The van der Waals surface area contributed by atoms with E-state index in [2.05, 4.69) is 5.32 Å². The highest BCUT2D eigenvalue weighted by Crippen LogP contribution is 2.35. The van der Waals surface area contributed by atoms with E-state index in [9.17, 15) is 14.4 Å². The Morgan fingerprint density at radius 1 is 1.05 bits per heavy atom. The number of para-hydroxylation sites is 1. The number of ketones is 1. The van der Waals surface area contributed by atoms with Crippen molar-refractivity contribution in [2.24, 2.45) is 12.8 Å². The van der Waals surface area contributed by atoms with Gasteiger partial charge in [-0.15, -0.1) is 0 Å². The molecule has 1 aliphatic rings. The number of Topliss-reactive ketones (excluding diaryl/α,β-unsaturated/α-hetero) is 1. The van der Waals surface area contributed by atoms with Crippen molar-refractivity contribution >= 4 is 33.5 Å². The largest absolute Gasteiger partial charge is 0.493 e. The van der Waals surface area contributed by atoms with E-state index in [0.717, 1.165) is 31.1 Å². The Morgan fingerprint density at radius 3 is 2.43 bits per heavy atom. The maximum absolute atomic E-state index is 13.9. The number of carbonyl (C=O) groups is 2. The molecule has 194 valence electrons. The van der Waals surface area contributed by atoms with Crippen LogP contribution in [0.15, 0.2) is 59.4 Å². The Labute approximate surface area is 216 Å². The van der Waals surface area contributed by atoms with Gasteiger partial charge in [-0.2, -0.15) is 0 Å². The molecule has 0 bridgehead atoms. The number of methoxy groups -OCH3 is 1. The predicted molar refractivity (Wildman–Crippen MR) is 146 cm³/mol. The molecule has 2 heterocycles. The Kier molecular flexibility index (Phi) is 7.50. The molecule has 4 aromatic rings. The monoisotopic (exact) mass is 502 g/mol. The number of nitrogens with two attached hydrogens (primary N) is 1. The van der Waals surface area contributed by atoms with Crippen molar-refractivity contribution in [2.45, 2.75) is 51.7 Å². The van der Waals surface area contributed by atoms with Gasteiger partial charge in [-0.1, -0.05) is 68.8 Å². The van der Waals surface area contributed by atoms with Crippen LogP contribution in [-0.4, -0.2) is 40.0 Å². The van der Waals surface area contributed by atoms with E-state index in [0.29, 0.717) is 16.6 Å². The number of ether oxygens (including phenoxy) is 1. The molecule has 3 N–H and O–H groups in total. The second-order valence-corrected chi connectivity index (χ2v) is 9.39. The van der Waals surface area contributed by atoms with Crippen LogP contribution in [0.5, 0.6) is 5.75 Å². The van der Waals surface area contributed by atoms with Gasteiger partial charge in [-0.25, -0.2) is 0 Å². The summed E-state index contributed by atoms with van der Waals surface area (Å²) in [7, 11) is 3.21. The van der Waals surface area contributed by atoms with E-state index in [4.69, 9.17) is 10.5 Å². The van der Waals surface area contributed by atoms with Gasteiger partial charge in [0.25, 0.3) is 11.5 Å². The highest BCUT2D eigenvalue weighted by atomic mass is 16.5. The van der Waals surface area contributed by atoms with Crippen LogP contribution in [0.4, 0.5) is 0 Å². The summed E-state index contributed by atoms with van der Waals surface area (Å²) in [6, 6.07) is 16.0. The number of fused-ring (bicyclic) bond motifs is 3. The first-order valence-electron chi connectivity index (χ1n) is 12.2. The lowest BCUT2D eigenvalue weighted by atomic mass is 9.91. The molecule has 2 aromatic carbocycles. The number of hydrogen-bond donors (Lipinski definition) is 2. The first kappa shape index (κ1) is 26.2. The van der Waals surface area contributed by atoms with Crippen molar-refractivity contribution in [3.05, 3.63) is 76.2 Å². The van der Waals surface area contributed by atoms with Crippen LogP contribution in [0, 0.1) is 0 Å². The number of rotatable bonds is 6. The number of hydrogen-bond acceptors (Lipinski definition) is 5. The van der Waals surface area contributed by atoms with Crippen molar-refractivity contribution in [3.63, 3.8) is 0 Å². The summed E-state index contributed by atoms with van der Waals surface area (Å²) in [5, 5.41) is 4.10. The molecule has 2 aromatic heterocycles. The number of amides is 1. The number of benzene rings is 2. The normalized spacial score (nSPS) is 17.4. The van der Waals surface area contributed by atoms with E-state index < -0.39 is 0 Å². The molecular formula is C29H34N4O4. The molecule has 2 atom stereocenters. The summed E-state index contributed by atoms with van der Waals surface area (Å²) in [4.78, 5) is 40.4. The zero-order chi connectivity index (χ0) is 25.4. The smallest absolute Gasteiger partial charge is 0.272 e. The molecule has 0 aliphatic heterocycles. The second kappa shape index (κ2) is 10.6. The molecule has 0 unspecified atom stereocenters. The molecule has 5 rings (SSSR count). The van der Waals surface area contributed by atoms with Crippen LogP contribution < -0.4 is 21.3 Å². The number of aromatic nitrogens is 2. The number of nitrogens with one attached hydrogen (secondary N) is 1. The predicted octanol–water partition coefficient (Wildman–Crippen LogP) is 4.02. The maximum Gasteiger partial charge on any atom is 0.272 e. The Bertz CT molecular complexity index is 1520. The van der Waals surface area contributed by atoms with Crippen LogP contribution in [-0.2, 0) is 13.6 Å². The number of aryl methyl sites for hydroxylation is 1. The third-order valence-electron chi connectivity index (χ3n) is 7.21. The van der Waals surface area contributed by atoms with E-state index >= 15 is 0 Å². The minimum absolute atomic E-state index is 0. The average Bonchev–Trinajstić information content (AvgIpc) is 3.20. The van der Waals surface area contributed by atoms with Gasteiger partial charge in [0.2, 0.25) is 0 Å². The molecule has 8 nitrogen and oxygen atoms in total. The summed E-state index contributed by atoms with van der Waals surface area (Å²) in [6.45, 7) is -0.129. The van der Waals surface area contributed by atoms with E-state index in [-0.39, 0.29) is 60.1 Å². The van der Waals surface area contributed by atoms with Crippen LogP contribution >= 0.6 is 0 Å². The fraction of sp³-hybridized carbons (Fsp3) is 0.345. The van der Waals surface area contributed by atoms with Gasteiger partial charge >= 0.3 is 0 Å². The van der Waals surface area contributed by atoms with Gasteiger partial charge in [-0.05, 0) is 18.9 Å². The highest BCUT2D eigenvalue weighted by Gasteiger charge is 2.30. The maximum atomic E-state index is 13.9. The minimum Gasteiger partial charge on any atom is -0.493 e. The van der Waals surface area contributed by atoms with Gasteiger partial charge in [0.15, 0.2) is 17.2 Å². The molecule has 0 spiro atoms. The van der Waals surface area contributed by atoms with Crippen molar-refractivity contribution in [1.29, 1.82) is 0 Å². The summed E-state index contributed by atoms with van der Waals surface area (Å²) >= 11 is 0.